The largest absolute Gasteiger partial charge is 0.463 e. The first kappa shape index (κ1) is 15.5. The first-order valence-corrected chi connectivity index (χ1v) is 6.68. The molecule has 2 aliphatic heterocycles. The van der Waals surface area contributed by atoms with Gasteiger partial charge in [-0.25, -0.2) is 0 Å². The molecule has 0 saturated carbocycles. The van der Waals surface area contributed by atoms with Crippen molar-refractivity contribution in [1.82, 2.24) is 10.2 Å². The van der Waals surface area contributed by atoms with E-state index in [4.69, 9.17) is 0 Å². The number of hydrogen-bond acceptors (Lipinski definition) is 2. The van der Waals surface area contributed by atoms with Crippen molar-refractivity contribution >= 4 is 5.91 Å². The fraction of sp³-hybridized carbons (Fsp3) is 0.917. The van der Waals surface area contributed by atoms with E-state index in [1.165, 1.54) is 6.92 Å². The summed E-state index contributed by atoms with van der Waals surface area (Å²) >= 11 is 0. The first-order valence-electron chi connectivity index (χ1n) is 6.68. The molecule has 2 bridgehead atoms. The zero-order chi connectivity index (χ0) is 15.1. The molecule has 3 nitrogen and oxygen atoms in total. The van der Waals surface area contributed by atoms with Crippen LogP contribution in [0.1, 0.15) is 32.6 Å². The summed E-state index contributed by atoms with van der Waals surface area (Å²) in [7, 11) is 0. The van der Waals surface area contributed by atoms with Gasteiger partial charge in [-0.3, -0.25) is 4.79 Å². The van der Waals surface area contributed by atoms with Gasteiger partial charge in [-0.15, -0.1) is 0 Å². The lowest BCUT2D eigenvalue weighted by Gasteiger charge is -2.38. The van der Waals surface area contributed by atoms with Gasteiger partial charge in [0.05, 0.1) is 0 Å². The maximum Gasteiger partial charge on any atom is 0.463 e. The smallest absolute Gasteiger partial charge is 0.334 e. The summed E-state index contributed by atoms with van der Waals surface area (Å²) < 4.78 is 63.3. The molecule has 0 radical (unpaired) electrons. The van der Waals surface area contributed by atoms with Gasteiger partial charge in [-0.05, 0) is 32.6 Å². The summed E-state index contributed by atoms with van der Waals surface area (Å²) in [4.78, 5) is 12.3. The third-order valence-corrected chi connectivity index (χ3v) is 4.12. The Balaban J connectivity index is 2.14. The highest BCUT2D eigenvalue weighted by molar-refractivity contribution is 5.84. The topological polar surface area (TPSA) is 32.3 Å². The summed E-state index contributed by atoms with van der Waals surface area (Å²) in [6.45, 7) is 1.28. The van der Waals surface area contributed by atoms with Gasteiger partial charge >= 0.3 is 18.0 Å². The summed E-state index contributed by atoms with van der Waals surface area (Å²) in [5, 5.41) is 3.26. The number of carbonyl (C=O) groups excluding carboxylic acids is 1. The van der Waals surface area contributed by atoms with Gasteiger partial charge in [0.2, 0.25) is 0 Å². The molecule has 2 fully saturated rings. The van der Waals surface area contributed by atoms with Crippen LogP contribution in [0.25, 0.3) is 0 Å². The zero-order valence-corrected chi connectivity index (χ0v) is 11.0. The summed E-state index contributed by atoms with van der Waals surface area (Å²) in [6.07, 6.45) is -3.22. The average Bonchev–Trinajstić information content (AvgIpc) is 2.68. The van der Waals surface area contributed by atoms with Gasteiger partial charge in [-0.1, -0.05) is 0 Å². The monoisotopic (exact) mass is 300 g/mol. The molecular weight excluding hydrogens is 283 g/mol. The average molecular weight is 300 g/mol. The molecule has 0 aromatic rings. The van der Waals surface area contributed by atoms with Crippen molar-refractivity contribution in [1.29, 1.82) is 0 Å². The highest BCUT2D eigenvalue weighted by atomic mass is 19.4. The third kappa shape index (κ3) is 2.62. The molecule has 116 valence electrons. The molecule has 0 aromatic heterocycles. The lowest BCUT2D eigenvalue weighted by molar-refractivity contribution is -0.275. The molecule has 2 heterocycles. The second-order valence-corrected chi connectivity index (χ2v) is 5.43. The molecule has 2 unspecified atom stereocenters. The molecule has 0 spiro atoms. The van der Waals surface area contributed by atoms with Crippen LogP contribution in [0.5, 0.6) is 0 Å². The minimum absolute atomic E-state index is 0.111. The van der Waals surface area contributed by atoms with Gasteiger partial charge in [0.25, 0.3) is 0 Å². The second-order valence-electron chi connectivity index (χ2n) is 5.43. The van der Waals surface area contributed by atoms with E-state index in [1.54, 1.807) is 0 Å². The molecule has 0 aromatic carbocycles. The van der Waals surface area contributed by atoms with Gasteiger partial charge < -0.3 is 10.2 Å². The molecule has 1 N–H and O–H groups in total. The molecule has 20 heavy (non-hydrogen) atoms. The van der Waals surface area contributed by atoms with Crippen LogP contribution in [0.3, 0.4) is 0 Å². The third-order valence-electron chi connectivity index (χ3n) is 4.12. The van der Waals surface area contributed by atoms with Crippen molar-refractivity contribution < 1.29 is 26.7 Å². The van der Waals surface area contributed by atoms with Crippen LogP contribution in [0, 0.1) is 0 Å². The van der Waals surface area contributed by atoms with E-state index >= 15 is 0 Å². The number of alkyl halides is 5. The lowest BCUT2D eigenvalue weighted by atomic mass is 9.97. The molecule has 8 heteroatoms. The van der Waals surface area contributed by atoms with E-state index in [-0.39, 0.29) is 18.6 Å². The summed E-state index contributed by atoms with van der Waals surface area (Å²) in [6, 6.07) is -0.320. The highest BCUT2D eigenvalue weighted by Gasteiger charge is 2.65. The molecule has 2 rings (SSSR count). The first-order chi connectivity index (χ1) is 9.16. The number of fused-ring (bicyclic) bond motifs is 2. The minimum Gasteiger partial charge on any atom is -0.334 e. The quantitative estimate of drug-likeness (QED) is 0.811. The number of hydrogen-bond donors (Lipinski definition) is 1. The van der Waals surface area contributed by atoms with E-state index in [2.05, 4.69) is 5.32 Å². The van der Waals surface area contributed by atoms with Gasteiger partial charge in [0.1, 0.15) is 0 Å². The van der Waals surface area contributed by atoms with Crippen LogP contribution in [0.2, 0.25) is 0 Å². The zero-order valence-electron chi connectivity index (χ0n) is 11.0. The van der Waals surface area contributed by atoms with Crippen LogP contribution in [0.4, 0.5) is 22.0 Å². The Bertz CT molecular complexity index is 373. The SMILES string of the molecule is CCN(C(=O)C(F)(F)C(F)(F)F)C1CC2CCC(C1)N2. The molecular formula is C12H17F5N2O. The van der Waals surface area contributed by atoms with Crippen molar-refractivity contribution in [3.63, 3.8) is 0 Å². The minimum atomic E-state index is -5.84. The number of nitrogens with zero attached hydrogens (tertiary/aromatic N) is 1. The number of rotatable bonds is 3. The Labute approximate surface area is 113 Å². The van der Waals surface area contributed by atoms with Crippen molar-refractivity contribution in [2.24, 2.45) is 0 Å². The van der Waals surface area contributed by atoms with E-state index in [9.17, 15) is 26.7 Å². The summed E-state index contributed by atoms with van der Waals surface area (Å²) in [5.74, 6) is -7.44. The van der Waals surface area contributed by atoms with Crippen LogP contribution < -0.4 is 5.32 Å². The maximum atomic E-state index is 13.2. The van der Waals surface area contributed by atoms with Crippen LogP contribution in [-0.2, 0) is 4.79 Å². The molecule has 1 amide bonds. The van der Waals surface area contributed by atoms with Crippen molar-refractivity contribution in [3.8, 4) is 0 Å². The fourth-order valence-electron chi connectivity index (χ4n) is 3.15. The van der Waals surface area contributed by atoms with E-state index < -0.39 is 24.0 Å². The molecule has 0 aliphatic carbocycles. The Morgan fingerprint density at radius 2 is 1.65 bits per heavy atom. The van der Waals surface area contributed by atoms with Gasteiger partial charge in [0.15, 0.2) is 0 Å². The van der Waals surface area contributed by atoms with Crippen LogP contribution >= 0.6 is 0 Å². The number of piperidine rings is 1. The highest BCUT2D eigenvalue weighted by Crippen LogP contribution is 2.39. The van der Waals surface area contributed by atoms with E-state index in [0.29, 0.717) is 17.7 Å². The maximum absolute atomic E-state index is 13.2. The Kier molecular flexibility index (Phi) is 3.96. The Morgan fingerprint density at radius 1 is 1.15 bits per heavy atom. The fourth-order valence-corrected chi connectivity index (χ4v) is 3.15. The summed E-state index contributed by atoms with van der Waals surface area (Å²) in [5.41, 5.74) is 0. The molecule has 2 aliphatic rings. The predicted molar refractivity (Wildman–Crippen MR) is 61.4 cm³/mol. The second kappa shape index (κ2) is 5.13. The Hall–Kier alpha value is -0.920. The van der Waals surface area contributed by atoms with E-state index in [1.807, 2.05) is 0 Å². The van der Waals surface area contributed by atoms with Crippen molar-refractivity contribution in [2.75, 3.05) is 6.54 Å². The normalized spacial score (nSPS) is 30.4. The van der Waals surface area contributed by atoms with Crippen LogP contribution in [-0.4, -0.2) is 47.6 Å². The molecule has 2 atom stereocenters. The number of amides is 1. The van der Waals surface area contributed by atoms with Crippen LogP contribution in [0.15, 0.2) is 0 Å². The van der Waals surface area contributed by atoms with Crippen molar-refractivity contribution in [2.45, 2.75) is 62.8 Å². The van der Waals surface area contributed by atoms with Crippen molar-refractivity contribution in [3.05, 3.63) is 0 Å². The Morgan fingerprint density at radius 3 is 2.05 bits per heavy atom. The van der Waals surface area contributed by atoms with E-state index in [0.717, 1.165) is 12.8 Å². The predicted octanol–water partition coefficient (Wildman–Crippen LogP) is 2.32. The standard InChI is InChI=1S/C12H17F5N2O/c1-2-19(10(20)11(13,14)12(15,16)17)9-5-7-3-4-8(6-9)18-7/h7-9,18H,2-6H2,1H3. The molecule has 2 saturated heterocycles. The number of carbonyl (C=O) groups is 1. The van der Waals surface area contributed by atoms with Gasteiger partial charge in [-0.2, -0.15) is 22.0 Å². The number of halogens is 5. The van der Waals surface area contributed by atoms with Gasteiger partial charge in [0, 0.05) is 24.7 Å². The lowest BCUT2D eigenvalue weighted by Crippen LogP contribution is -2.57. The number of nitrogens with one attached hydrogen (secondary N) is 1.